The number of hydrogen-bond acceptors (Lipinski definition) is 3. The standard InChI is InChI=1S/C9H17F3O3S2/c1-16(2,8-6-4-3-5-7-8)15-17(13,14)9(10,11)12/h8H,3-7H2,1-2H3. The van der Waals surface area contributed by atoms with Gasteiger partial charge >= 0.3 is 15.6 Å². The van der Waals surface area contributed by atoms with E-state index in [1.807, 2.05) is 0 Å². The van der Waals surface area contributed by atoms with Gasteiger partial charge in [0.25, 0.3) is 0 Å². The predicted octanol–water partition coefficient (Wildman–Crippen LogP) is 3.16. The molecule has 0 aromatic carbocycles. The van der Waals surface area contributed by atoms with Gasteiger partial charge in [0.1, 0.15) is 0 Å². The Morgan fingerprint density at radius 1 is 1.06 bits per heavy atom. The number of halogens is 3. The fourth-order valence-electron chi connectivity index (χ4n) is 1.96. The zero-order valence-corrected chi connectivity index (χ0v) is 11.4. The maximum atomic E-state index is 12.2. The summed E-state index contributed by atoms with van der Waals surface area (Å²) < 4.78 is 63.1. The lowest BCUT2D eigenvalue weighted by atomic mass is 10.0. The van der Waals surface area contributed by atoms with Crippen molar-refractivity contribution in [1.82, 2.24) is 0 Å². The second-order valence-electron chi connectivity index (χ2n) is 4.54. The van der Waals surface area contributed by atoms with E-state index < -0.39 is 25.9 Å². The van der Waals surface area contributed by atoms with Crippen molar-refractivity contribution in [2.45, 2.75) is 42.9 Å². The van der Waals surface area contributed by atoms with Gasteiger partial charge in [-0.1, -0.05) is 19.3 Å². The average Bonchev–Trinajstić information content (AvgIpc) is 2.15. The Morgan fingerprint density at radius 3 is 1.94 bits per heavy atom. The molecule has 0 unspecified atom stereocenters. The van der Waals surface area contributed by atoms with Crippen LogP contribution in [0.15, 0.2) is 0 Å². The molecule has 0 N–H and O–H groups in total. The molecule has 0 aromatic rings. The second-order valence-corrected chi connectivity index (χ2v) is 9.74. The van der Waals surface area contributed by atoms with Crippen molar-refractivity contribution in [3.63, 3.8) is 0 Å². The van der Waals surface area contributed by atoms with Crippen LogP contribution in [0.1, 0.15) is 32.1 Å². The molecule has 0 amide bonds. The van der Waals surface area contributed by atoms with Crippen LogP contribution in [0.5, 0.6) is 0 Å². The lowest BCUT2D eigenvalue weighted by Crippen LogP contribution is -2.30. The summed E-state index contributed by atoms with van der Waals surface area (Å²) in [6, 6.07) is 0. The van der Waals surface area contributed by atoms with Gasteiger partial charge in [0.05, 0.1) is 0 Å². The largest absolute Gasteiger partial charge is 0.523 e. The van der Waals surface area contributed by atoms with Gasteiger partial charge in [-0.05, 0) is 25.4 Å². The minimum atomic E-state index is -5.47. The smallest absolute Gasteiger partial charge is 0.213 e. The Hall–Kier alpha value is 0.0500. The van der Waals surface area contributed by atoms with E-state index in [2.05, 4.69) is 3.63 Å². The molecular weight excluding hydrogens is 277 g/mol. The van der Waals surface area contributed by atoms with E-state index in [9.17, 15) is 21.6 Å². The van der Waals surface area contributed by atoms with Crippen molar-refractivity contribution in [2.75, 3.05) is 12.5 Å². The van der Waals surface area contributed by atoms with Gasteiger partial charge in [0, 0.05) is 5.25 Å². The molecule has 0 radical (unpaired) electrons. The van der Waals surface area contributed by atoms with Crippen LogP contribution in [-0.4, -0.2) is 31.7 Å². The molecule has 3 nitrogen and oxygen atoms in total. The van der Waals surface area contributed by atoms with E-state index in [1.165, 1.54) is 12.5 Å². The molecule has 17 heavy (non-hydrogen) atoms. The number of alkyl halides is 3. The molecule has 0 saturated heterocycles. The fraction of sp³-hybridized carbons (Fsp3) is 1.00. The van der Waals surface area contributed by atoms with Crippen molar-refractivity contribution in [1.29, 1.82) is 0 Å². The SMILES string of the molecule is CS(C)(OS(=O)(=O)C(F)(F)F)C1CCCCC1. The average molecular weight is 294 g/mol. The summed E-state index contributed by atoms with van der Waals surface area (Å²) in [6.07, 6.45) is 7.38. The quantitative estimate of drug-likeness (QED) is 0.751. The lowest BCUT2D eigenvalue weighted by molar-refractivity contribution is -0.0496. The van der Waals surface area contributed by atoms with E-state index in [-0.39, 0.29) is 5.25 Å². The molecule has 1 rings (SSSR count). The highest BCUT2D eigenvalue weighted by molar-refractivity contribution is 8.32. The molecule has 0 aromatic heterocycles. The molecule has 104 valence electrons. The van der Waals surface area contributed by atoms with Gasteiger partial charge in [-0.3, -0.25) is 0 Å². The van der Waals surface area contributed by atoms with E-state index in [0.717, 1.165) is 32.1 Å². The summed E-state index contributed by atoms with van der Waals surface area (Å²) in [6.45, 7) is 0. The maximum Gasteiger partial charge on any atom is 0.523 e. The van der Waals surface area contributed by atoms with Gasteiger partial charge in [0.15, 0.2) is 0 Å². The lowest BCUT2D eigenvalue weighted by Gasteiger charge is -2.40. The zero-order chi connectivity index (χ0) is 13.3. The Kier molecular flexibility index (Phi) is 4.42. The third-order valence-electron chi connectivity index (χ3n) is 2.90. The Balaban J connectivity index is 2.78. The molecule has 1 fully saturated rings. The third kappa shape index (κ3) is 3.75. The zero-order valence-electron chi connectivity index (χ0n) is 9.79. The first-order valence-corrected chi connectivity index (χ1v) is 9.15. The predicted molar refractivity (Wildman–Crippen MR) is 62.4 cm³/mol. The minimum Gasteiger partial charge on any atom is -0.213 e. The normalized spacial score (nSPS) is 21.5. The topological polar surface area (TPSA) is 43.4 Å². The third-order valence-corrected chi connectivity index (χ3v) is 7.67. The highest BCUT2D eigenvalue weighted by Crippen LogP contribution is 2.54. The second kappa shape index (κ2) is 4.97. The fourth-order valence-corrected chi connectivity index (χ4v) is 6.03. The summed E-state index contributed by atoms with van der Waals surface area (Å²) in [5, 5.41) is -0.0617. The molecule has 0 heterocycles. The molecular formula is C9H17F3O3S2. The van der Waals surface area contributed by atoms with Crippen LogP contribution in [0.2, 0.25) is 0 Å². The summed E-state index contributed by atoms with van der Waals surface area (Å²) in [5.74, 6) is 0. The molecule has 0 atom stereocenters. The maximum absolute atomic E-state index is 12.2. The van der Waals surface area contributed by atoms with Gasteiger partial charge in [0.2, 0.25) is 0 Å². The molecule has 0 spiro atoms. The first-order valence-electron chi connectivity index (χ1n) is 5.31. The molecule has 1 saturated carbocycles. The Labute approximate surface area is 101 Å². The molecule has 8 heteroatoms. The molecule has 1 aliphatic rings. The van der Waals surface area contributed by atoms with Gasteiger partial charge in [-0.2, -0.15) is 21.6 Å². The first kappa shape index (κ1) is 15.1. The van der Waals surface area contributed by atoms with Crippen LogP contribution in [0, 0.1) is 0 Å². The van der Waals surface area contributed by atoms with Gasteiger partial charge in [-0.25, -0.2) is 3.63 Å². The highest BCUT2D eigenvalue weighted by Gasteiger charge is 2.50. The highest BCUT2D eigenvalue weighted by atomic mass is 32.3. The summed E-state index contributed by atoms with van der Waals surface area (Å²) in [5.41, 5.74) is -5.33. The van der Waals surface area contributed by atoms with Crippen LogP contribution in [0.4, 0.5) is 13.2 Å². The van der Waals surface area contributed by atoms with Crippen molar-refractivity contribution >= 4 is 20.4 Å². The van der Waals surface area contributed by atoms with E-state index >= 15 is 0 Å². The summed E-state index contributed by atoms with van der Waals surface area (Å²) >= 11 is 0. The number of rotatable bonds is 3. The molecule has 0 aliphatic heterocycles. The van der Waals surface area contributed by atoms with Crippen LogP contribution >= 0.6 is 10.3 Å². The van der Waals surface area contributed by atoms with E-state index in [4.69, 9.17) is 0 Å². The Bertz CT molecular complexity index is 356. The van der Waals surface area contributed by atoms with E-state index in [1.54, 1.807) is 0 Å². The minimum absolute atomic E-state index is 0.0617. The van der Waals surface area contributed by atoms with Crippen LogP contribution in [-0.2, 0) is 13.7 Å². The van der Waals surface area contributed by atoms with Crippen molar-refractivity contribution < 1.29 is 25.2 Å². The van der Waals surface area contributed by atoms with Crippen molar-refractivity contribution in [3.8, 4) is 0 Å². The van der Waals surface area contributed by atoms with Gasteiger partial charge in [-0.15, -0.1) is 10.3 Å². The first-order chi connectivity index (χ1) is 7.56. The molecule has 1 aliphatic carbocycles. The van der Waals surface area contributed by atoms with E-state index in [0.29, 0.717) is 0 Å². The van der Waals surface area contributed by atoms with Crippen molar-refractivity contribution in [3.05, 3.63) is 0 Å². The van der Waals surface area contributed by atoms with Gasteiger partial charge < -0.3 is 0 Å². The molecule has 0 bridgehead atoms. The van der Waals surface area contributed by atoms with Crippen LogP contribution < -0.4 is 0 Å². The van der Waals surface area contributed by atoms with Crippen LogP contribution in [0.25, 0.3) is 0 Å². The van der Waals surface area contributed by atoms with Crippen molar-refractivity contribution in [2.24, 2.45) is 0 Å². The number of hydrogen-bond donors (Lipinski definition) is 0. The Morgan fingerprint density at radius 2 is 1.53 bits per heavy atom. The summed E-state index contributed by atoms with van der Waals surface area (Å²) in [4.78, 5) is 0. The van der Waals surface area contributed by atoms with Crippen LogP contribution in [0.3, 0.4) is 0 Å². The summed E-state index contributed by atoms with van der Waals surface area (Å²) in [7, 11) is -7.70. The monoisotopic (exact) mass is 294 g/mol.